The minimum absolute atomic E-state index is 0.0196. The number of hydrogen-bond donors (Lipinski definition) is 1. The monoisotopic (exact) mass is 284 g/mol. The van der Waals surface area contributed by atoms with Gasteiger partial charge in [0.15, 0.2) is 0 Å². The van der Waals surface area contributed by atoms with Crippen LogP contribution in [-0.2, 0) is 6.42 Å². The molecule has 0 spiro atoms. The maximum absolute atomic E-state index is 13.2. The van der Waals surface area contributed by atoms with Gasteiger partial charge >= 0.3 is 0 Å². The molecule has 2 atom stereocenters. The fourth-order valence-corrected chi connectivity index (χ4v) is 2.83. The molecule has 20 heavy (non-hydrogen) atoms. The topological polar surface area (TPSA) is 26.7 Å². The molecule has 1 aromatic rings. The van der Waals surface area contributed by atoms with E-state index in [0.29, 0.717) is 5.56 Å². The first-order chi connectivity index (χ1) is 9.45. The predicted molar refractivity (Wildman–Crippen MR) is 74.6 cm³/mol. The van der Waals surface area contributed by atoms with Gasteiger partial charge in [-0.25, -0.2) is 8.78 Å². The molecule has 2 rings (SSSR count). The highest BCUT2D eigenvalue weighted by Gasteiger charge is 2.27. The second-order valence-electron chi connectivity index (χ2n) is 5.71. The molecule has 1 N–H and O–H groups in total. The first-order valence-electron chi connectivity index (χ1n) is 6.97. The summed E-state index contributed by atoms with van der Waals surface area (Å²) in [4.78, 5) is 4.31. The zero-order valence-corrected chi connectivity index (χ0v) is 12.0. The number of halogens is 2. The van der Waals surface area contributed by atoms with Crippen LogP contribution in [-0.4, -0.2) is 60.8 Å². The molecule has 1 aromatic carbocycles. The van der Waals surface area contributed by atoms with E-state index in [0.717, 1.165) is 32.1 Å². The molecule has 2 unspecified atom stereocenters. The van der Waals surface area contributed by atoms with E-state index >= 15 is 0 Å². The van der Waals surface area contributed by atoms with Crippen molar-refractivity contribution in [2.45, 2.75) is 25.0 Å². The van der Waals surface area contributed by atoms with E-state index in [1.807, 2.05) is 14.1 Å². The van der Waals surface area contributed by atoms with Crippen LogP contribution in [0.4, 0.5) is 8.78 Å². The Morgan fingerprint density at radius 3 is 2.50 bits per heavy atom. The first kappa shape index (κ1) is 15.4. The van der Waals surface area contributed by atoms with Crippen molar-refractivity contribution in [2.75, 3.05) is 33.7 Å². The molecule has 0 amide bonds. The predicted octanol–water partition coefficient (Wildman–Crippen LogP) is 1.50. The normalized spacial score (nSPS) is 23.6. The number of benzene rings is 1. The molecule has 1 saturated heterocycles. The van der Waals surface area contributed by atoms with Crippen molar-refractivity contribution < 1.29 is 13.9 Å². The summed E-state index contributed by atoms with van der Waals surface area (Å²) in [6.45, 7) is 2.68. The average Bonchev–Trinajstić information content (AvgIpc) is 2.49. The van der Waals surface area contributed by atoms with Crippen LogP contribution in [0.25, 0.3) is 0 Å². The van der Waals surface area contributed by atoms with Gasteiger partial charge in [0.1, 0.15) is 11.6 Å². The molecule has 1 heterocycles. The van der Waals surface area contributed by atoms with Crippen LogP contribution in [0.3, 0.4) is 0 Å². The lowest BCUT2D eigenvalue weighted by Crippen LogP contribution is -2.47. The minimum Gasteiger partial charge on any atom is -0.391 e. The second kappa shape index (κ2) is 6.61. The van der Waals surface area contributed by atoms with Crippen LogP contribution >= 0.6 is 0 Å². The molecule has 0 saturated carbocycles. The van der Waals surface area contributed by atoms with Gasteiger partial charge in [-0.15, -0.1) is 0 Å². The summed E-state index contributed by atoms with van der Waals surface area (Å²) in [6.07, 6.45) is 0.684. The Labute approximate surface area is 118 Å². The van der Waals surface area contributed by atoms with E-state index < -0.39 is 17.7 Å². The van der Waals surface area contributed by atoms with Gasteiger partial charge in [0.05, 0.1) is 6.10 Å². The summed E-state index contributed by atoms with van der Waals surface area (Å²) < 4.78 is 26.4. The Hall–Kier alpha value is -1.04. The SMILES string of the molecule is CN1CCCN(C)C(C(O)Cc2cc(F)cc(F)c2)C1. The van der Waals surface area contributed by atoms with Crippen LogP contribution in [0.5, 0.6) is 0 Å². The van der Waals surface area contributed by atoms with Gasteiger partial charge in [-0.1, -0.05) is 0 Å². The van der Waals surface area contributed by atoms with Crippen molar-refractivity contribution in [2.24, 2.45) is 0 Å². The average molecular weight is 284 g/mol. The molecule has 1 aliphatic rings. The first-order valence-corrected chi connectivity index (χ1v) is 6.97. The van der Waals surface area contributed by atoms with Gasteiger partial charge in [0.25, 0.3) is 0 Å². The summed E-state index contributed by atoms with van der Waals surface area (Å²) in [5.41, 5.74) is 0.496. The molecular weight excluding hydrogens is 262 g/mol. The standard InChI is InChI=1S/C15H22F2N2O/c1-18-4-3-5-19(2)14(10-18)15(20)8-11-6-12(16)9-13(17)7-11/h6-7,9,14-15,20H,3-5,8,10H2,1-2H3. The Morgan fingerprint density at radius 1 is 1.20 bits per heavy atom. The Bertz CT molecular complexity index is 435. The van der Waals surface area contributed by atoms with Crippen LogP contribution in [0.1, 0.15) is 12.0 Å². The van der Waals surface area contributed by atoms with Crippen molar-refractivity contribution in [3.8, 4) is 0 Å². The van der Waals surface area contributed by atoms with Crippen molar-refractivity contribution in [3.05, 3.63) is 35.4 Å². The van der Waals surface area contributed by atoms with Gasteiger partial charge in [-0.3, -0.25) is 4.90 Å². The maximum Gasteiger partial charge on any atom is 0.126 e. The third-order valence-electron chi connectivity index (χ3n) is 3.93. The van der Waals surface area contributed by atoms with Gasteiger partial charge in [-0.2, -0.15) is 0 Å². The van der Waals surface area contributed by atoms with E-state index in [1.165, 1.54) is 12.1 Å². The minimum atomic E-state index is -0.637. The van der Waals surface area contributed by atoms with Crippen molar-refractivity contribution in [1.29, 1.82) is 0 Å². The smallest absolute Gasteiger partial charge is 0.126 e. The molecule has 0 aromatic heterocycles. The Kier molecular flexibility index (Phi) is 5.07. The largest absolute Gasteiger partial charge is 0.391 e. The highest BCUT2D eigenvalue weighted by Crippen LogP contribution is 2.16. The summed E-state index contributed by atoms with van der Waals surface area (Å²) in [6, 6.07) is 3.40. The van der Waals surface area contributed by atoms with Crippen molar-refractivity contribution in [1.82, 2.24) is 9.80 Å². The number of rotatable bonds is 3. The lowest BCUT2D eigenvalue weighted by molar-refractivity contribution is 0.0580. The van der Waals surface area contributed by atoms with Gasteiger partial charge in [0.2, 0.25) is 0 Å². The number of nitrogens with zero attached hydrogens (tertiary/aromatic N) is 2. The number of aliphatic hydroxyl groups is 1. The van der Waals surface area contributed by atoms with Crippen LogP contribution in [0, 0.1) is 11.6 Å². The summed E-state index contributed by atoms with van der Waals surface area (Å²) in [5, 5.41) is 10.4. The van der Waals surface area contributed by atoms with Crippen LogP contribution < -0.4 is 0 Å². The van der Waals surface area contributed by atoms with Crippen molar-refractivity contribution in [3.63, 3.8) is 0 Å². The third-order valence-corrected chi connectivity index (χ3v) is 3.93. The molecule has 5 heteroatoms. The van der Waals surface area contributed by atoms with E-state index in [-0.39, 0.29) is 12.5 Å². The summed E-state index contributed by atoms with van der Waals surface area (Å²) in [5.74, 6) is -1.20. The molecule has 1 fully saturated rings. The van der Waals surface area contributed by atoms with E-state index in [9.17, 15) is 13.9 Å². The van der Waals surface area contributed by atoms with Gasteiger partial charge < -0.3 is 10.0 Å². The summed E-state index contributed by atoms with van der Waals surface area (Å²) in [7, 11) is 4.01. The van der Waals surface area contributed by atoms with Crippen molar-refractivity contribution >= 4 is 0 Å². The van der Waals surface area contributed by atoms with Gasteiger partial charge in [0, 0.05) is 25.1 Å². The highest BCUT2D eigenvalue weighted by atomic mass is 19.1. The Morgan fingerprint density at radius 2 is 1.85 bits per heavy atom. The Balaban J connectivity index is 2.07. The van der Waals surface area contributed by atoms with E-state index in [1.54, 1.807) is 0 Å². The fourth-order valence-electron chi connectivity index (χ4n) is 2.83. The number of hydrogen-bond acceptors (Lipinski definition) is 3. The molecule has 112 valence electrons. The zero-order chi connectivity index (χ0) is 14.7. The van der Waals surface area contributed by atoms with Crippen LogP contribution in [0.15, 0.2) is 18.2 Å². The maximum atomic E-state index is 13.2. The second-order valence-corrected chi connectivity index (χ2v) is 5.71. The lowest BCUT2D eigenvalue weighted by Gasteiger charge is -2.31. The quantitative estimate of drug-likeness (QED) is 0.911. The summed E-state index contributed by atoms with van der Waals surface area (Å²) >= 11 is 0. The highest BCUT2D eigenvalue weighted by molar-refractivity contribution is 5.19. The molecule has 0 aliphatic carbocycles. The zero-order valence-electron chi connectivity index (χ0n) is 12.0. The molecule has 1 aliphatic heterocycles. The molecule has 0 bridgehead atoms. The third kappa shape index (κ3) is 3.98. The van der Waals surface area contributed by atoms with Gasteiger partial charge in [-0.05, 0) is 51.3 Å². The number of aliphatic hydroxyl groups excluding tert-OH is 1. The fraction of sp³-hybridized carbons (Fsp3) is 0.600. The molecule has 0 radical (unpaired) electrons. The van der Waals surface area contributed by atoms with Crippen LogP contribution in [0.2, 0.25) is 0 Å². The number of likely N-dealkylation sites (N-methyl/N-ethyl adjacent to an activating group) is 2. The van der Waals surface area contributed by atoms with E-state index in [4.69, 9.17) is 0 Å². The lowest BCUT2D eigenvalue weighted by atomic mass is 10.0. The molecule has 3 nitrogen and oxygen atoms in total. The molecular formula is C15H22F2N2O. The van der Waals surface area contributed by atoms with E-state index in [2.05, 4.69) is 9.80 Å².